The monoisotopic (exact) mass is 411 g/mol. The van der Waals surface area contributed by atoms with Crippen LogP contribution in [0.25, 0.3) is 0 Å². The second-order valence-electron chi connectivity index (χ2n) is 5.93. The number of aromatic nitrogens is 1. The summed E-state index contributed by atoms with van der Waals surface area (Å²) in [5.74, 6) is 5.91. The van der Waals surface area contributed by atoms with Crippen LogP contribution in [0, 0.1) is 11.8 Å². The van der Waals surface area contributed by atoms with Crippen molar-refractivity contribution in [2.45, 2.75) is 19.3 Å². The Bertz CT molecular complexity index is 869. The molecule has 6 heteroatoms. The third-order valence-corrected chi connectivity index (χ3v) is 4.47. The van der Waals surface area contributed by atoms with E-state index in [9.17, 15) is 9.59 Å². The van der Waals surface area contributed by atoms with E-state index in [1.165, 1.54) is 6.20 Å². The van der Waals surface area contributed by atoms with E-state index in [0.717, 1.165) is 35.1 Å². The molecule has 1 aromatic carbocycles. The van der Waals surface area contributed by atoms with Crippen LogP contribution in [-0.2, 0) is 4.79 Å². The van der Waals surface area contributed by atoms with Crippen molar-refractivity contribution in [2.24, 2.45) is 0 Å². The van der Waals surface area contributed by atoms with Gasteiger partial charge in [-0.15, -0.1) is 0 Å². The van der Waals surface area contributed by atoms with Gasteiger partial charge in [0.15, 0.2) is 0 Å². The summed E-state index contributed by atoms with van der Waals surface area (Å²) < 4.78 is 0.753. The van der Waals surface area contributed by atoms with Crippen LogP contribution >= 0.6 is 15.9 Å². The van der Waals surface area contributed by atoms with Gasteiger partial charge in [-0.25, -0.2) is 0 Å². The molecule has 26 heavy (non-hydrogen) atoms. The molecule has 0 atom stereocenters. The maximum atomic E-state index is 12.0. The van der Waals surface area contributed by atoms with Crippen LogP contribution in [0.5, 0.6) is 0 Å². The molecular formula is C20H18BrN3O2. The van der Waals surface area contributed by atoms with Crippen LogP contribution in [0.15, 0.2) is 47.2 Å². The summed E-state index contributed by atoms with van der Waals surface area (Å²) in [4.78, 5) is 29.7. The predicted molar refractivity (Wildman–Crippen MR) is 104 cm³/mol. The number of hydrogen-bond acceptors (Lipinski definition) is 3. The molecule has 0 spiro atoms. The Balaban J connectivity index is 1.55. The van der Waals surface area contributed by atoms with E-state index in [-0.39, 0.29) is 18.4 Å². The smallest absolute Gasteiger partial charge is 0.253 e. The minimum Gasteiger partial charge on any atom is -0.341 e. The first kappa shape index (κ1) is 18.2. The summed E-state index contributed by atoms with van der Waals surface area (Å²) in [6, 6.07) is 9.32. The Hall–Kier alpha value is -2.65. The van der Waals surface area contributed by atoms with Gasteiger partial charge in [-0.2, -0.15) is 0 Å². The van der Waals surface area contributed by atoms with Gasteiger partial charge in [-0.1, -0.05) is 11.8 Å². The van der Waals surface area contributed by atoms with Gasteiger partial charge < -0.3 is 10.2 Å². The van der Waals surface area contributed by atoms with Crippen molar-refractivity contribution in [3.8, 4) is 11.8 Å². The van der Waals surface area contributed by atoms with E-state index in [4.69, 9.17) is 0 Å². The van der Waals surface area contributed by atoms with Crippen molar-refractivity contribution in [3.63, 3.8) is 0 Å². The lowest BCUT2D eigenvalue weighted by atomic mass is 10.1. The van der Waals surface area contributed by atoms with Crippen molar-refractivity contribution in [1.82, 2.24) is 10.3 Å². The van der Waals surface area contributed by atoms with Gasteiger partial charge in [-0.05, 0) is 59.1 Å². The van der Waals surface area contributed by atoms with Crippen molar-refractivity contribution < 1.29 is 9.59 Å². The molecule has 3 rings (SSSR count). The highest BCUT2D eigenvalue weighted by molar-refractivity contribution is 9.10. The lowest BCUT2D eigenvalue weighted by Gasteiger charge is -2.26. The maximum Gasteiger partial charge on any atom is 0.253 e. The van der Waals surface area contributed by atoms with E-state index in [1.54, 1.807) is 12.3 Å². The van der Waals surface area contributed by atoms with E-state index >= 15 is 0 Å². The number of anilines is 1. The normalized spacial score (nSPS) is 13.7. The van der Waals surface area contributed by atoms with E-state index in [1.807, 2.05) is 29.2 Å². The number of benzene rings is 1. The van der Waals surface area contributed by atoms with Crippen LogP contribution < -0.4 is 10.2 Å². The van der Waals surface area contributed by atoms with Crippen LogP contribution in [-0.4, -0.2) is 29.9 Å². The fraction of sp³-hybridized carbons (Fsp3) is 0.250. The summed E-state index contributed by atoms with van der Waals surface area (Å²) in [6.45, 7) is 1.03. The number of piperidine rings is 1. The first-order chi connectivity index (χ1) is 12.6. The highest BCUT2D eigenvalue weighted by atomic mass is 79.9. The quantitative estimate of drug-likeness (QED) is 0.788. The molecule has 1 fully saturated rings. The number of nitrogens with one attached hydrogen (secondary N) is 1. The van der Waals surface area contributed by atoms with Gasteiger partial charge in [-0.3, -0.25) is 14.6 Å². The molecule has 5 nitrogen and oxygen atoms in total. The Labute approximate surface area is 160 Å². The van der Waals surface area contributed by atoms with Gasteiger partial charge >= 0.3 is 0 Å². The Morgan fingerprint density at radius 1 is 1.23 bits per heavy atom. The molecule has 1 aliphatic rings. The largest absolute Gasteiger partial charge is 0.341 e. The van der Waals surface area contributed by atoms with Gasteiger partial charge in [0.05, 0.1) is 12.1 Å². The molecule has 0 saturated carbocycles. The second kappa shape index (κ2) is 8.63. The summed E-state index contributed by atoms with van der Waals surface area (Å²) in [7, 11) is 0. The first-order valence-corrected chi connectivity index (χ1v) is 9.21. The zero-order chi connectivity index (χ0) is 18.4. The molecule has 0 aliphatic carbocycles. The van der Waals surface area contributed by atoms with Crippen LogP contribution in [0.1, 0.15) is 35.2 Å². The third kappa shape index (κ3) is 4.70. The van der Waals surface area contributed by atoms with Gasteiger partial charge in [0.1, 0.15) is 0 Å². The molecular weight excluding hydrogens is 394 g/mol. The molecule has 1 aromatic heterocycles. The molecule has 2 aromatic rings. The Kier molecular flexibility index (Phi) is 6.03. The summed E-state index contributed by atoms with van der Waals surface area (Å²) >= 11 is 3.29. The molecule has 2 heterocycles. The van der Waals surface area contributed by atoms with Gasteiger partial charge in [0.2, 0.25) is 5.91 Å². The fourth-order valence-corrected chi connectivity index (χ4v) is 3.08. The highest BCUT2D eigenvalue weighted by Gasteiger charge is 2.19. The van der Waals surface area contributed by atoms with E-state index in [2.05, 4.69) is 38.1 Å². The number of pyridine rings is 1. The van der Waals surface area contributed by atoms with Gasteiger partial charge in [0, 0.05) is 41.1 Å². The maximum absolute atomic E-state index is 12.0. The minimum atomic E-state index is -0.216. The number of hydrogen-bond donors (Lipinski definition) is 1. The average Bonchev–Trinajstić information content (AvgIpc) is 2.66. The van der Waals surface area contributed by atoms with E-state index < -0.39 is 0 Å². The topological polar surface area (TPSA) is 62.3 Å². The Morgan fingerprint density at radius 3 is 2.77 bits per heavy atom. The third-order valence-electron chi connectivity index (χ3n) is 4.04. The minimum absolute atomic E-state index is 0.180. The van der Waals surface area contributed by atoms with Crippen molar-refractivity contribution in [2.75, 3.05) is 18.0 Å². The van der Waals surface area contributed by atoms with E-state index in [0.29, 0.717) is 12.0 Å². The number of amides is 2. The fourth-order valence-electron chi connectivity index (χ4n) is 2.71. The molecule has 1 aliphatic heterocycles. The van der Waals surface area contributed by atoms with Crippen molar-refractivity contribution in [1.29, 1.82) is 0 Å². The molecule has 1 N–H and O–H groups in total. The lowest BCUT2D eigenvalue weighted by molar-refractivity contribution is -0.119. The predicted octanol–water partition coefficient (Wildman–Crippen LogP) is 3.14. The molecule has 2 amide bonds. The number of carbonyl (C=O) groups excluding carboxylic acids is 2. The molecule has 132 valence electrons. The highest BCUT2D eigenvalue weighted by Crippen LogP contribution is 2.21. The number of nitrogens with zero attached hydrogens (tertiary/aromatic N) is 2. The summed E-state index contributed by atoms with van der Waals surface area (Å²) in [5.41, 5.74) is 2.24. The number of rotatable bonds is 3. The van der Waals surface area contributed by atoms with Crippen LogP contribution in [0.3, 0.4) is 0 Å². The molecule has 1 saturated heterocycles. The Morgan fingerprint density at radius 2 is 2.04 bits per heavy atom. The second-order valence-corrected chi connectivity index (χ2v) is 6.84. The zero-order valence-corrected chi connectivity index (χ0v) is 15.8. The lowest BCUT2D eigenvalue weighted by Crippen LogP contribution is -2.35. The van der Waals surface area contributed by atoms with Gasteiger partial charge in [0.25, 0.3) is 5.91 Å². The standard InChI is InChI=1S/C20H18BrN3O2/c21-17-12-16(13-22-14-17)20(26)23-10-3-4-15-6-8-18(9-7-15)24-11-2-1-5-19(24)25/h6-9,12-14H,1-2,5,10-11H2,(H,23,26). The van der Waals surface area contributed by atoms with Crippen LogP contribution in [0.4, 0.5) is 5.69 Å². The van der Waals surface area contributed by atoms with Crippen molar-refractivity contribution >= 4 is 33.4 Å². The summed E-state index contributed by atoms with van der Waals surface area (Å²) in [5, 5.41) is 2.74. The molecule has 0 radical (unpaired) electrons. The zero-order valence-electron chi connectivity index (χ0n) is 14.2. The average molecular weight is 412 g/mol. The molecule has 0 unspecified atom stereocenters. The summed E-state index contributed by atoms with van der Waals surface area (Å²) in [6.07, 6.45) is 5.77. The molecule has 0 bridgehead atoms. The number of carbonyl (C=O) groups is 2. The van der Waals surface area contributed by atoms with Crippen molar-refractivity contribution in [3.05, 3.63) is 58.3 Å². The van der Waals surface area contributed by atoms with Crippen LogP contribution in [0.2, 0.25) is 0 Å². The SMILES string of the molecule is O=C(NCC#Cc1ccc(N2CCCCC2=O)cc1)c1cncc(Br)c1. The first-order valence-electron chi connectivity index (χ1n) is 8.41. The number of halogens is 1.